The van der Waals surface area contributed by atoms with Gasteiger partial charge in [-0.2, -0.15) is 0 Å². The second-order valence-corrected chi connectivity index (χ2v) is 15.7. The van der Waals surface area contributed by atoms with Crippen molar-refractivity contribution < 1.29 is 4.42 Å². The number of hydrogen-bond donors (Lipinski definition) is 0. The summed E-state index contributed by atoms with van der Waals surface area (Å²) in [5.74, 6) is 0. The molecule has 0 saturated carbocycles. The van der Waals surface area contributed by atoms with Crippen molar-refractivity contribution in [2.24, 2.45) is 0 Å². The van der Waals surface area contributed by atoms with Gasteiger partial charge in [-0.25, -0.2) is 0 Å². The second-order valence-electron chi connectivity index (χ2n) is 15.7. The van der Waals surface area contributed by atoms with Gasteiger partial charge in [0.15, 0.2) is 0 Å². The van der Waals surface area contributed by atoms with Crippen LogP contribution in [0.15, 0.2) is 235 Å². The van der Waals surface area contributed by atoms with Crippen LogP contribution in [0.1, 0.15) is 0 Å². The molecular weight excluding hydrogens is 741 g/mol. The van der Waals surface area contributed by atoms with Crippen LogP contribution in [0.2, 0.25) is 0 Å². The summed E-state index contributed by atoms with van der Waals surface area (Å²) in [7, 11) is 0. The fourth-order valence-electron chi connectivity index (χ4n) is 9.23. The van der Waals surface area contributed by atoms with Gasteiger partial charge in [0.2, 0.25) is 0 Å². The lowest BCUT2D eigenvalue weighted by Crippen LogP contribution is -2.09. The zero-order valence-corrected chi connectivity index (χ0v) is 33.2. The number of furan rings is 1. The summed E-state index contributed by atoms with van der Waals surface area (Å²) in [6, 6.07) is 82.9. The molecule has 0 spiro atoms. The third kappa shape index (κ3) is 5.98. The maximum atomic E-state index is 6.22. The number of hydrogen-bond acceptors (Lipinski definition) is 2. The van der Waals surface area contributed by atoms with Gasteiger partial charge in [-0.15, -0.1) is 0 Å². The van der Waals surface area contributed by atoms with E-state index < -0.39 is 0 Å². The third-order valence-corrected chi connectivity index (χ3v) is 12.2. The van der Waals surface area contributed by atoms with E-state index in [0.717, 1.165) is 55.8 Å². The first-order chi connectivity index (χ1) is 30.2. The number of rotatable bonds is 7. The van der Waals surface area contributed by atoms with Gasteiger partial charge in [-0.3, -0.25) is 0 Å². The average Bonchev–Trinajstić information content (AvgIpc) is 3.88. The van der Waals surface area contributed by atoms with Crippen LogP contribution in [-0.4, -0.2) is 4.57 Å². The monoisotopic (exact) mass is 778 g/mol. The number of nitrogens with zero attached hydrogens (tertiary/aromatic N) is 2. The quantitative estimate of drug-likeness (QED) is 0.161. The Hall–Kier alpha value is -8.14. The van der Waals surface area contributed by atoms with E-state index in [2.05, 4.69) is 228 Å². The molecular formula is C58H38N2O. The Morgan fingerprint density at radius 3 is 1.44 bits per heavy atom. The van der Waals surface area contributed by atoms with Gasteiger partial charge in [-0.1, -0.05) is 158 Å². The number of aromatic nitrogens is 1. The first kappa shape index (κ1) is 34.9. The molecule has 0 amide bonds. The van der Waals surface area contributed by atoms with Gasteiger partial charge in [0.05, 0.1) is 11.0 Å². The molecule has 0 unspecified atom stereocenters. The highest BCUT2D eigenvalue weighted by Crippen LogP contribution is 2.41. The molecule has 3 nitrogen and oxygen atoms in total. The maximum absolute atomic E-state index is 6.22. The number of fused-ring (bicyclic) bond motifs is 7. The van der Waals surface area contributed by atoms with E-state index in [1.54, 1.807) is 0 Å². The largest absolute Gasteiger partial charge is 0.456 e. The lowest BCUT2D eigenvalue weighted by Gasteiger charge is -2.26. The van der Waals surface area contributed by atoms with Crippen LogP contribution < -0.4 is 4.90 Å². The van der Waals surface area contributed by atoms with Crippen molar-refractivity contribution in [3.05, 3.63) is 231 Å². The predicted octanol–water partition coefficient (Wildman–Crippen LogP) is 16.3. The zero-order valence-electron chi connectivity index (χ0n) is 33.2. The molecule has 0 N–H and O–H groups in total. The fraction of sp³-hybridized carbons (Fsp3) is 0. The van der Waals surface area contributed by atoms with Gasteiger partial charge in [0.25, 0.3) is 0 Å². The van der Waals surface area contributed by atoms with Crippen LogP contribution in [0.25, 0.3) is 93.6 Å². The third-order valence-electron chi connectivity index (χ3n) is 12.2. The minimum Gasteiger partial charge on any atom is -0.456 e. The molecule has 12 aromatic rings. The molecule has 0 fully saturated rings. The number of para-hydroxylation sites is 3. The topological polar surface area (TPSA) is 21.3 Å². The maximum Gasteiger partial charge on any atom is 0.136 e. The number of benzene rings is 10. The molecule has 3 heteroatoms. The van der Waals surface area contributed by atoms with Crippen molar-refractivity contribution in [1.82, 2.24) is 4.57 Å². The molecule has 286 valence electrons. The molecule has 61 heavy (non-hydrogen) atoms. The molecule has 2 aromatic heterocycles. The van der Waals surface area contributed by atoms with Gasteiger partial charge >= 0.3 is 0 Å². The van der Waals surface area contributed by atoms with Crippen LogP contribution in [0.5, 0.6) is 0 Å². The molecule has 10 aromatic carbocycles. The van der Waals surface area contributed by atoms with E-state index >= 15 is 0 Å². The highest BCUT2D eigenvalue weighted by Gasteiger charge is 2.17. The van der Waals surface area contributed by atoms with E-state index in [-0.39, 0.29) is 0 Å². The predicted molar refractivity (Wildman–Crippen MR) is 257 cm³/mol. The van der Waals surface area contributed by atoms with Crippen LogP contribution in [0, 0.1) is 0 Å². The molecule has 0 aliphatic rings. The van der Waals surface area contributed by atoms with Crippen molar-refractivity contribution in [3.8, 4) is 39.1 Å². The highest BCUT2D eigenvalue weighted by molar-refractivity contribution is 6.12. The molecule has 2 heterocycles. The van der Waals surface area contributed by atoms with Gasteiger partial charge < -0.3 is 13.9 Å². The van der Waals surface area contributed by atoms with Crippen molar-refractivity contribution in [2.45, 2.75) is 0 Å². The molecule has 0 aliphatic carbocycles. The molecule has 0 saturated heterocycles. The lowest BCUT2D eigenvalue weighted by atomic mass is 9.98. The minimum atomic E-state index is 0.903. The van der Waals surface area contributed by atoms with Crippen LogP contribution in [0.3, 0.4) is 0 Å². The van der Waals surface area contributed by atoms with E-state index in [4.69, 9.17) is 4.42 Å². The summed E-state index contributed by atoms with van der Waals surface area (Å²) in [6.45, 7) is 0. The van der Waals surface area contributed by atoms with Crippen molar-refractivity contribution >= 4 is 71.6 Å². The lowest BCUT2D eigenvalue weighted by molar-refractivity contribution is 0.669. The first-order valence-corrected chi connectivity index (χ1v) is 20.8. The summed E-state index contributed by atoms with van der Waals surface area (Å²) in [4.78, 5) is 2.35. The van der Waals surface area contributed by atoms with E-state index in [9.17, 15) is 0 Å². The second kappa shape index (κ2) is 14.3. The van der Waals surface area contributed by atoms with E-state index in [0.29, 0.717) is 0 Å². The van der Waals surface area contributed by atoms with Gasteiger partial charge in [0, 0.05) is 44.3 Å². The molecule has 0 radical (unpaired) electrons. The SMILES string of the molecule is c1ccc2cc(N(c3ccc(-c4ccc(-c5ccc(-n6c7ccccc7c7ccccc76)cc5)cc4)cc3)c3ccc(-c4cccc5oc6ccccc6c45)cc3)ccc2c1. The molecule has 0 bridgehead atoms. The summed E-state index contributed by atoms with van der Waals surface area (Å²) >= 11 is 0. The standard InChI is InChI=1S/C58H38N2O/c1-2-11-45-38-49(37-28-39(45)10-1)59(47-35-29-44(30-36-47)50-15-9-19-57-58(50)53-14-5-8-18-56(53)61-57)46-31-24-42(25-32-46)40-20-22-41(23-21-40)43-26-33-48(34-27-43)60-54-16-6-3-12-51(54)52-13-4-7-17-55(52)60/h1-38H. The molecule has 0 atom stereocenters. The molecule has 0 aliphatic heterocycles. The van der Waals surface area contributed by atoms with E-state index in [1.165, 1.54) is 54.8 Å². The average molecular weight is 779 g/mol. The summed E-state index contributed by atoms with van der Waals surface area (Å²) in [5.41, 5.74) is 15.8. The van der Waals surface area contributed by atoms with Gasteiger partial charge in [0.1, 0.15) is 11.2 Å². The Labute approximate surface area is 353 Å². The summed E-state index contributed by atoms with van der Waals surface area (Å²) in [5, 5.41) is 7.26. The van der Waals surface area contributed by atoms with Gasteiger partial charge in [-0.05, 0) is 117 Å². The smallest absolute Gasteiger partial charge is 0.136 e. The van der Waals surface area contributed by atoms with Crippen molar-refractivity contribution in [3.63, 3.8) is 0 Å². The Balaban J connectivity index is 0.853. The van der Waals surface area contributed by atoms with Crippen LogP contribution in [0.4, 0.5) is 17.1 Å². The number of anilines is 3. The normalized spacial score (nSPS) is 11.6. The van der Waals surface area contributed by atoms with Crippen LogP contribution in [-0.2, 0) is 0 Å². The minimum absolute atomic E-state index is 0.903. The summed E-state index contributed by atoms with van der Waals surface area (Å²) < 4.78 is 8.59. The van der Waals surface area contributed by atoms with E-state index in [1.807, 2.05) is 12.1 Å². The van der Waals surface area contributed by atoms with Crippen LogP contribution >= 0.6 is 0 Å². The summed E-state index contributed by atoms with van der Waals surface area (Å²) in [6.07, 6.45) is 0. The zero-order chi connectivity index (χ0) is 40.3. The fourth-order valence-corrected chi connectivity index (χ4v) is 9.23. The van der Waals surface area contributed by atoms with Crippen molar-refractivity contribution in [2.75, 3.05) is 4.90 Å². The Morgan fingerprint density at radius 1 is 0.328 bits per heavy atom. The molecule has 12 rings (SSSR count). The first-order valence-electron chi connectivity index (χ1n) is 20.8. The highest BCUT2D eigenvalue weighted by atomic mass is 16.3. The Kier molecular flexibility index (Phi) is 8.17. The Bertz CT molecular complexity index is 3500. The Morgan fingerprint density at radius 2 is 0.803 bits per heavy atom. The van der Waals surface area contributed by atoms with Crippen molar-refractivity contribution in [1.29, 1.82) is 0 Å².